The number of carbonyl (C=O) groups is 1. The summed E-state index contributed by atoms with van der Waals surface area (Å²) in [5.41, 5.74) is 5.09. The zero-order chi connectivity index (χ0) is 16.9. The van der Waals surface area contributed by atoms with Gasteiger partial charge in [-0.2, -0.15) is 5.10 Å². The number of hydrogen-bond donors (Lipinski definition) is 1. The van der Waals surface area contributed by atoms with Crippen molar-refractivity contribution in [3.63, 3.8) is 0 Å². The number of nitrogens with zero attached hydrogens (tertiary/aromatic N) is 3. The maximum Gasteiger partial charge on any atom is 0.271 e. The fraction of sp³-hybridized carbons (Fsp3) is 0.158. The maximum absolute atomic E-state index is 12.1. The smallest absolute Gasteiger partial charge is 0.271 e. The summed E-state index contributed by atoms with van der Waals surface area (Å²) in [4.78, 5) is 12.1. The molecule has 0 radical (unpaired) electrons. The number of rotatable bonds is 5. The normalized spacial score (nSPS) is 11.3. The molecule has 24 heavy (non-hydrogen) atoms. The van der Waals surface area contributed by atoms with Gasteiger partial charge >= 0.3 is 0 Å². The van der Waals surface area contributed by atoms with Crippen molar-refractivity contribution in [3.05, 3.63) is 78.4 Å². The first-order chi connectivity index (χ1) is 11.6. The number of carbonyl (C=O) groups excluding carboxylic acids is 1. The summed E-state index contributed by atoms with van der Waals surface area (Å²) in [5.74, 6) is -0.228. The van der Waals surface area contributed by atoms with E-state index in [1.165, 1.54) is 0 Å². The molecule has 2 aromatic heterocycles. The van der Waals surface area contributed by atoms with Crippen LogP contribution in [0.15, 0.2) is 72.4 Å². The highest BCUT2D eigenvalue weighted by Gasteiger charge is 2.04. The summed E-state index contributed by atoms with van der Waals surface area (Å²) >= 11 is 0. The van der Waals surface area contributed by atoms with Gasteiger partial charge in [0.25, 0.3) is 5.91 Å². The molecule has 1 aromatic carbocycles. The van der Waals surface area contributed by atoms with Crippen LogP contribution in [0.4, 0.5) is 0 Å². The van der Waals surface area contributed by atoms with E-state index in [9.17, 15) is 4.79 Å². The van der Waals surface area contributed by atoms with E-state index >= 15 is 0 Å². The van der Waals surface area contributed by atoms with Crippen molar-refractivity contribution in [3.8, 4) is 5.69 Å². The first-order valence-electron chi connectivity index (χ1n) is 7.88. The van der Waals surface area contributed by atoms with Crippen molar-refractivity contribution in [2.45, 2.75) is 19.9 Å². The van der Waals surface area contributed by atoms with Gasteiger partial charge in [-0.1, -0.05) is 0 Å². The Hall–Kier alpha value is -3.08. The van der Waals surface area contributed by atoms with Gasteiger partial charge in [-0.25, -0.2) is 5.43 Å². The Morgan fingerprint density at radius 1 is 1.08 bits per heavy atom. The van der Waals surface area contributed by atoms with Crippen LogP contribution in [0.2, 0.25) is 0 Å². The molecule has 0 spiro atoms. The fourth-order valence-corrected chi connectivity index (χ4v) is 2.35. The first kappa shape index (κ1) is 15.8. The van der Waals surface area contributed by atoms with E-state index < -0.39 is 0 Å². The number of amides is 1. The minimum Gasteiger partial charge on any atom is -0.351 e. The highest BCUT2D eigenvalue weighted by atomic mass is 16.2. The quantitative estimate of drug-likeness (QED) is 0.566. The van der Waals surface area contributed by atoms with Gasteiger partial charge in [0.1, 0.15) is 0 Å². The fourth-order valence-electron chi connectivity index (χ4n) is 2.35. The maximum atomic E-state index is 12.1. The lowest BCUT2D eigenvalue weighted by Gasteiger charge is -2.05. The lowest BCUT2D eigenvalue weighted by Crippen LogP contribution is -2.17. The molecule has 0 aliphatic heterocycles. The van der Waals surface area contributed by atoms with Crippen molar-refractivity contribution in [1.82, 2.24) is 14.6 Å². The van der Waals surface area contributed by atoms with Crippen LogP contribution < -0.4 is 5.43 Å². The summed E-state index contributed by atoms with van der Waals surface area (Å²) in [7, 11) is 0. The SMILES string of the molecule is CC(C)n1ccc(/C=N/NC(=O)c2ccc(-n3cccc3)cc2)c1. The van der Waals surface area contributed by atoms with Gasteiger partial charge in [0, 0.05) is 47.6 Å². The van der Waals surface area contributed by atoms with Gasteiger partial charge in [-0.05, 0) is 56.3 Å². The van der Waals surface area contributed by atoms with Crippen molar-refractivity contribution in [2.75, 3.05) is 0 Å². The molecule has 3 rings (SSSR count). The van der Waals surface area contributed by atoms with Crippen LogP contribution in [0.5, 0.6) is 0 Å². The zero-order valence-corrected chi connectivity index (χ0v) is 13.8. The molecule has 1 N–H and O–H groups in total. The van der Waals surface area contributed by atoms with Gasteiger partial charge in [0.05, 0.1) is 6.21 Å². The van der Waals surface area contributed by atoms with Crippen LogP contribution in [0.25, 0.3) is 5.69 Å². The van der Waals surface area contributed by atoms with Gasteiger partial charge in [-0.3, -0.25) is 4.79 Å². The van der Waals surface area contributed by atoms with Crippen molar-refractivity contribution in [1.29, 1.82) is 0 Å². The van der Waals surface area contributed by atoms with Gasteiger partial charge in [-0.15, -0.1) is 0 Å². The van der Waals surface area contributed by atoms with Gasteiger partial charge in [0.2, 0.25) is 0 Å². The van der Waals surface area contributed by atoms with E-state index in [2.05, 4.69) is 28.9 Å². The molecule has 0 bridgehead atoms. The third-order valence-electron chi connectivity index (χ3n) is 3.75. The zero-order valence-electron chi connectivity index (χ0n) is 13.8. The summed E-state index contributed by atoms with van der Waals surface area (Å²) in [6.07, 6.45) is 9.55. The summed E-state index contributed by atoms with van der Waals surface area (Å²) in [6.45, 7) is 4.22. The molecular weight excluding hydrogens is 300 g/mol. The average Bonchev–Trinajstić information content (AvgIpc) is 3.27. The van der Waals surface area contributed by atoms with Crippen molar-refractivity contribution >= 4 is 12.1 Å². The Bertz CT molecular complexity index is 827. The minimum atomic E-state index is -0.228. The largest absolute Gasteiger partial charge is 0.351 e. The first-order valence-corrected chi connectivity index (χ1v) is 7.88. The number of benzene rings is 1. The summed E-state index contributed by atoms with van der Waals surface area (Å²) < 4.78 is 4.07. The topological polar surface area (TPSA) is 51.3 Å². The molecule has 5 heteroatoms. The predicted molar refractivity (Wildman–Crippen MR) is 95.6 cm³/mol. The lowest BCUT2D eigenvalue weighted by atomic mass is 10.2. The van der Waals surface area contributed by atoms with Gasteiger partial charge < -0.3 is 9.13 Å². The van der Waals surface area contributed by atoms with Crippen molar-refractivity contribution < 1.29 is 4.79 Å². The van der Waals surface area contributed by atoms with Crippen LogP contribution in [-0.4, -0.2) is 21.3 Å². The Kier molecular flexibility index (Phi) is 4.61. The van der Waals surface area contributed by atoms with E-state index in [4.69, 9.17) is 0 Å². The highest BCUT2D eigenvalue weighted by Crippen LogP contribution is 2.10. The Labute approximate surface area is 141 Å². The van der Waals surface area contributed by atoms with Crippen molar-refractivity contribution in [2.24, 2.45) is 5.10 Å². The standard InChI is InChI=1S/C19H20N4O/c1-15(2)23-12-9-16(14-23)13-20-21-19(24)17-5-7-18(8-6-17)22-10-3-4-11-22/h3-15H,1-2H3,(H,21,24)/b20-13+. The molecule has 0 aliphatic rings. The van der Waals surface area contributed by atoms with Crippen LogP contribution in [-0.2, 0) is 0 Å². The van der Waals surface area contributed by atoms with E-state index in [1.54, 1.807) is 18.3 Å². The van der Waals surface area contributed by atoms with Crippen LogP contribution in [0.3, 0.4) is 0 Å². The third kappa shape index (κ3) is 3.63. The van der Waals surface area contributed by atoms with E-state index in [0.29, 0.717) is 11.6 Å². The molecule has 5 nitrogen and oxygen atoms in total. The lowest BCUT2D eigenvalue weighted by molar-refractivity contribution is 0.0955. The molecule has 1 amide bonds. The molecule has 3 aromatic rings. The van der Waals surface area contributed by atoms with Crippen LogP contribution in [0.1, 0.15) is 35.8 Å². The Balaban J connectivity index is 1.61. The van der Waals surface area contributed by atoms with Crippen LogP contribution >= 0.6 is 0 Å². The second kappa shape index (κ2) is 7.00. The molecule has 0 aliphatic carbocycles. The molecule has 0 atom stereocenters. The molecular formula is C19H20N4O. The summed E-state index contributed by atoms with van der Waals surface area (Å²) in [5, 5.41) is 4.02. The Morgan fingerprint density at radius 2 is 1.79 bits per heavy atom. The van der Waals surface area contributed by atoms with E-state index in [0.717, 1.165) is 11.3 Å². The monoisotopic (exact) mass is 320 g/mol. The van der Waals surface area contributed by atoms with Crippen LogP contribution in [0, 0.1) is 0 Å². The minimum absolute atomic E-state index is 0.228. The average molecular weight is 320 g/mol. The predicted octanol–water partition coefficient (Wildman–Crippen LogP) is 3.62. The highest BCUT2D eigenvalue weighted by molar-refractivity contribution is 5.95. The number of aromatic nitrogens is 2. The molecule has 0 fully saturated rings. The van der Waals surface area contributed by atoms with Gasteiger partial charge in [0.15, 0.2) is 0 Å². The second-order valence-corrected chi connectivity index (χ2v) is 5.82. The molecule has 122 valence electrons. The number of nitrogens with one attached hydrogen (secondary N) is 1. The van der Waals surface area contributed by atoms with E-state index in [-0.39, 0.29) is 5.91 Å². The molecule has 0 unspecified atom stereocenters. The Morgan fingerprint density at radius 3 is 2.42 bits per heavy atom. The number of hydrogen-bond acceptors (Lipinski definition) is 2. The molecule has 2 heterocycles. The third-order valence-corrected chi connectivity index (χ3v) is 3.75. The second-order valence-electron chi connectivity index (χ2n) is 5.82. The number of hydrazone groups is 1. The molecule has 0 saturated carbocycles. The van der Waals surface area contributed by atoms with E-state index in [1.807, 2.05) is 59.7 Å². The molecule has 0 saturated heterocycles. The summed E-state index contributed by atoms with van der Waals surface area (Å²) in [6, 6.07) is 13.7.